The summed E-state index contributed by atoms with van der Waals surface area (Å²) < 4.78 is 6.33. The van der Waals surface area contributed by atoms with Crippen LogP contribution >= 0.6 is 0 Å². The number of aryl methyl sites for hydroxylation is 1. The summed E-state index contributed by atoms with van der Waals surface area (Å²) in [4.78, 5) is 31.4. The van der Waals surface area contributed by atoms with Crippen molar-refractivity contribution in [3.05, 3.63) is 53.9 Å². The summed E-state index contributed by atoms with van der Waals surface area (Å²) in [7, 11) is 0. The molecular formula is C28H37N3O3. The van der Waals surface area contributed by atoms with Crippen LogP contribution in [0.4, 0.5) is 5.69 Å². The molecule has 1 saturated heterocycles. The lowest BCUT2D eigenvalue weighted by Crippen LogP contribution is -2.41. The van der Waals surface area contributed by atoms with Crippen LogP contribution in [0, 0.1) is 24.7 Å². The lowest BCUT2D eigenvalue weighted by molar-refractivity contribution is -0.121. The van der Waals surface area contributed by atoms with Crippen LogP contribution in [0.3, 0.4) is 0 Å². The van der Waals surface area contributed by atoms with E-state index in [1.165, 1.54) is 0 Å². The first kappa shape index (κ1) is 24.2. The van der Waals surface area contributed by atoms with Crippen LogP contribution in [-0.4, -0.2) is 40.9 Å². The van der Waals surface area contributed by atoms with Crippen molar-refractivity contribution in [3.8, 4) is 5.75 Å². The van der Waals surface area contributed by atoms with Gasteiger partial charge in [0.25, 0.3) is 5.91 Å². The predicted molar refractivity (Wildman–Crippen MR) is 134 cm³/mol. The van der Waals surface area contributed by atoms with E-state index >= 15 is 0 Å². The fourth-order valence-corrected chi connectivity index (χ4v) is 5.13. The summed E-state index contributed by atoms with van der Waals surface area (Å²) in [5.41, 5.74) is 2.46. The molecule has 1 aliphatic carbocycles. The van der Waals surface area contributed by atoms with Crippen LogP contribution < -0.4 is 10.1 Å². The first-order valence-corrected chi connectivity index (χ1v) is 12.7. The van der Waals surface area contributed by atoms with E-state index in [0.717, 1.165) is 61.4 Å². The molecule has 182 valence electrons. The minimum absolute atomic E-state index is 0.0230. The smallest absolute Gasteiger partial charge is 0.255 e. The highest BCUT2D eigenvalue weighted by Crippen LogP contribution is 2.34. The molecule has 1 aliphatic heterocycles. The van der Waals surface area contributed by atoms with Crippen molar-refractivity contribution < 1.29 is 14.3 Å². The molecular weight excluding hydrogens is 426 g/mol. The van der Waals surface area contributed by atoms with Crippen LogP contribution in [0.1, 0.15) is 68.3 Å². The molecule has 4 rings (SSSR count). The molecule has 2 amide bonds. The van der Waals surface area contributed by atoms with Crippen molar-refractivity contribution >= 4 is 17.5 Å². The third kappa shape index (κ3) is 5.96. The Morgan fingerprint density at radius 2 is 1.79 bits per heavy atom. The maximum Gasteiger partial charge on any atom is 0.255 e. The lowest BCUT2D eigenvalue weighted by Gasteiger charge is -2.32. The van der Waals surface area contributed by atoms with Crippen LogP contribution in [0.2, 0.25) is 0 Å². The molecule has 0 atom stereocenters. The SMILES string of the molecule is Cc1ccc(NC(=O)[C@H]2CC[C@H](C(C)C)CC2)cc1OC1CCN(C(=O)c2cccnc2)CC1. The molecule has 0 radical (unpaired) electrons. The maximum absolute atomic E-state index is 12.9. The number of pyridine rings is 1. The van der Waals surface area contributed by atoms with Gasteiger partial charge in [0.15, 0.2) is 0 Å². The van der Waals surface area contributed by atoms with Crippen LogP contribution in [0.15, 0.2) is 42.7 Å². The number of anilines is 1. The molecule has 6 heteroatoms. The van der Waals surface area contributed by atoms with Gasteiger partial charge in [-0.3, -0.25) is 14.6 Å². The molecule has 2 fully saturated rings. The zero-order chi connectivity index (χ0) is 24.1. The number of carbonyl (C=O) groups is 2. The fraction of sp³-hybridized carbons (Fsp3) is 0.536. The molecule has 0 bridgehead atoms. The summed E-state index contributed by atoms with van der Waals surface area (Å²) >= 11 is 0. The van der Waals surface area contributed by atoms with E-state index < -0.39 is 0 Å². The topological polar surface area (TPSA) is 71.5 Å². The molecule has 2 heterocycles. The number of nitrogens with one attached hydrogen (secondary N) is 1. The fourth-order valence-electron chi connectivity index (χ4n) is 5.13. The number of rotatable bonds is 6. The second-order valence-electron chi connectivity index (χ2n) is 10.2. The molecule has 1 aromatic heterocycles. The van der Waals surface area contributed by atoms with Gasteiger partial charge in [0.1, 0.15) is 11.9 Å². The molecule has 1 saturated carbocycles. The second kappa shape index (κ2) is 11.0. The van der Waals surface area contributed by atoms with E-state index in [9.17, 15) is 9.59 Å². The Labute approximate surface area is 203 Å². The molecule has 2 aromatic rings. The molecule has 0 spiro atoms. The Morgan fingerprint density at radius 3 is 2.44 bits per heavy atom. The average molecular weight is 464 g/mol. The zero-order valence-electron chi connectivity index (χ0n) is 20.6. The van der Waals surface area contributed by atoms with Crippen molar-refractivity contribution in [2.24, 2.45) is 17.8 Å². The van der Waals surface area contributed by atoms with Gasteiger partial charge >= 0.3 is 0 Å². The highest BCUT2D eigenvalue weighted by atomic mass is 16.5. The normalized spacial score (nSPS) is 21.4. The third-order valence-corrected chi connectivity index (χ3v) is 7.47. The summed E-state index contributed by atoms with van der Waals surface area (Å²) in [6.07, 6.45) is 9.12. The van der Waals surface area contributed by atoms with Crippen molar-refractivity contribution in [3.63, 3.8) is 0 Å². The largest absolute Gasteiger partial charge is 0.490 e. The van der Waals surface area contributed by atoms with Crippen LogP contribution in [0.25, 0.3) is 0 Å². The van der Waals surface area contributed by atoms with Gasteiger partial charge in [-0.05, 0) is 68.2 Å². The molecule has 0 unspecified atom stereocenters. The van der Waals surface area contributed by atoms with E-state index in [-0.39, 0.29) is 23.8 Å². The minimum Gasteiger partial charge on any atom is -0.490 e. The van der Waals surface area contributed by atoms with E-state index in [1.807, 2.05) is 30.0 Å². The van der Waals surface area contributed by atoms with E-state index in [4.69, 9.17) is 4.74 Å². The first-order chi connectivity index (χ1) is 16.4. The number of hydrogen-bond acceptors (Lipinski definition) is 4. The van der Waals surface area contributed by atoms with Crippen molar-refractivity contribution in [1.29, 1.82) is 0 Å². The minimum atomic E-state index is 0.0230. The van der Waals surface area contributed by atoms with E-state index in [0.29, 0.717) is 24.6 Å². The highest BCUT2D eigenvalue weighted by Gasteiger charge is 2.28. The van der Waals surface area contributed by atoms with Gasteiger partial charge in [0.05, 0.1) is 5.56 Å². The summed E-state index contributed by atoms with van der Waals surface area (Å²) in [5.74, 6) is 2.49. The summed E-state index contributed by atoms with van der Waals surface area (Å²) in [6, 6.07) is 9.49. The number of amides is 2. The van der Waals surface area contributed by atoms with Gasteiger partial charge in [-0.1, -0.05) is 19.9 Å². The molecule has 1 aromatic carbocycles. The predicted octanol–water partition coefficient (Wildman–Crippen LogP) is 5.47. The van der Waals surface area contributed by atoms with Gasteiger partial charge in [-0.15, -0.1) is 0 Å². The van der Waals surface area contributed by atoms with Gasteiger partial charge < -0.3 is 15.0 Å². The number of benzene rings is 1. The number of carbonyl (C=O) groups excluding carboxylic acids is 2. The standard InChI is InChI=1S/C28H37N3O3/c1-19(2)21-7-9-22(10-8-21)27(32)30-24-11-6-20(3)26(17-24)34-25-12-15-31(16-13-25)28(33)23-5-4-14-29-18-23/h4-6,11,14,17-19,21-22,25H,7-10,12-13,15-16H2,1-3H3,(H,30,32)/t21-,22-. The van der Waals surface area contributed by atoms with Crippen molar-refractivity contribution in [2.45, 2.75) is 65.4 Å². The molecule has 2 aliphatic rings. The Morgan fingerprint density at radius 1 is 1.06 bits per heavy atom. The van der Waals surface area contributed by atoms with Gasteiger partial charge in [0, 0.05) is 56.0 Å². The molecule has 1 N–H and O–H groups in total. The van der Waals surface area contributed by atoms with Crippen LogP contribution in [0.5, 0.6) is 5.75 Å². The first-order valence-electron chi connectivity index (χ1n) is 12.7. The monoisotopic (exact) mass is 463 g/mol. The summed E-state index contributed by atoms with van der Waals surface area (Å²) in [6.45, 7) is 7.90. The van der Waals surface area contributed by atoms with E-state index in [2.05, 4.69) is 24.1 Å². The van der Waals surface area contributed by atoms with Crippen molar-refractivity contribution in [1.82, 2.24) is 9.88 Å². The number of likely N-dealkylation sites (tertiary alicyclic amines) is 1. The number of ether oxygens (including phenoxy) is 1. The highest BCUT2D eigenvalue weighted by molar-refractivity contribution is 5.94. The van der Waals surface area contributed by atoms with Gasteiger partial charge in [-0.2, -0.15) is 0 Å². The zero-order valence-corrected chi connectivity index (χ0v) is 20.6. The number of aromatic nitrogens is 1. The molecule has 34 heavy (non-hydrogen) atoms. The van der Waals surface area contributed by atoms with Gasteiger partial charge in [-0.25, -0.2) is 0 Å². The van der Waals surface area contributed by atoms with Crippen molar-refractivity contribution in [2.75, 3.05) is 18.4 Å². The number of nitrogens with zero attached hydrogens (tertiary/aromatic N) is 2. The Balaban J connectivity index is 1.30. The maximum atomic E-state index is 12.9. The van der Waals surface area contributed by atoms with Crippen LogP contribution in [-0.2, 0) is 4.79 Å². The molecule has 6 nitrogen and oxygen atoms in total. The number of piperidine rings is 1. The quantitative estimate of drug-likeness (QED) is 0.616. The Hall–Kier alpha value is -2.89. The second-order valence-corrected chi connectivity index (χ2v) is 10.2. The lowest BCUT2D eigenvalue weighted by atomic mass is 9.76. The summed E-state index contributed by atoms with van der Waals surface area (Å²) in [5, 5.41) is 3.12. The Bertz CT molecular complexity index is 976. The third-order valence-electron chi connectivity index (χ3n) is 7.47. The van der Waals surface area contributed by atoms with E-state index in [1.54, 1.807) is 24.5 Å². The number of hydrogen-bond donors (Lipinski definition) is 1. The van der Waals surface area contributed by atoms with Gasteiger partial charge in [0.2, 0.25) is 5.91 Å². The Kier molecular flexibility index (Phi) is 7.86. The average Bonchev–Trinajstić information content (AvgIpc) is 2.86.